The highest BCUT2D eigenvalue weighted by Gasteiger charge is 2.37. The Balaban J connectivity index is 1.72. The van der Waals surface area contributed by atoms with E-state index in [1.54, 1.807) is 43.3 Å². The van der Waals surface area contributed by atoms with Gasteiger partial charge in [-0.1, -0.05) is 36.2 Å². The molecule has 3 rings (SSSR count). The smallest absolute Gasteiger partial charge is 0.326 e. The van der Waals surface area contributed by atoms with E-state index < -0.39 is 23.7 Å². The number of benzene rings is 2. The van der Waals surface area contributed by atoms with Crippen LogP contribution in [0.5, 0.6) is 5.75 Å². The van der Waals surface area contributed by atoms with Crippen molar-refractivity contribution in [1.29, 1.82) is 0 Å². The van der Waals surface area contributed by atoms with E-state index >= 15 is 0 Å². The third-order valence-corrected chi connectivity index (χ3v) is 7.45. The van der Waals surface area contributed by atoms with Crippen molar-refractivity contribution < 1.29 is 23.9 Å². The van der Waals surface area contributed by atoms with Crippen molar-refractivity contribution in [3.8, 4) is 5.75 Å². The first-order valence-corrected chi connectivity index (χ1v) is 13.3. The lowest BCUT2D eigenvalue weighted by Gasteiger charge is -2.15. The predicted octanol–water partition coefficient (Wildman–Crippen LogP) is 7.48. The number of hydrogen-bond donors (Lipinski definition) is 0. The normalized spacial score (nSPS) is 15.7. The quantitative estimate of drug-likeness (QED) is 0.218. The first-order valence-electron chi connectivity index (χ1n) is 10.1. The highest BCUT2D eigenvalue weighted by atomic mass is 79.9. The van der Waals surface area contributed by atoms with Gasteiger partial charge in [0.1, 0.15) is 18.9 Å². The molecule has 0 bridgehead atoms. The number of nitrogens with zero attached hydrogens (tertiary/aromatic N) is 1. The average Bonchev–Trinajstić information content (AvgIpc) is 3.01. The van der Waals surface area contributed by atoms with Gasteiger partial charge in [-0.3, -0.25) is 19.3 Å². The van der Waals surface area contributed by atoms with Gasteiger partial charge in [-0.2, -0.15) is 0 Å². The second-order valence-electron chi connectivity index (χ2n) is 7.31. The van der Waals surface area contributed by atoms with E-state index in [2.05, 4.69) is 31.9 Å². The zero-order valence-electron chi connectivity index (χ0n) is 18.1. The molecule has 1 aliphatic heterocycles. The summed E-state index contributed by atoms with van der Waals surface area (Å²) >= 11 is 19.9. The van der Waals surface area contributed by atoms with Crippen LogP contribution < -0.4 is 4.74 Å². The first kappa shape index (κ1) is 27.1. The summed E-state index contributed by atoms with van der Waals surface area (Å²) in [4.78, 5) is 38.1. The summed E-state index contributed by atoms with van der Waals surface area (Å²) in [7, 11) is 0. The summed E-state index contributed by atoms with van der Waals surface area (Å²) in [5.74, 6) is -0.615. The van der Waals surface area contributed by atoms with Gasteiger partial charge in [-0.05, 0) is 92.9 Å². The summed E-state index contributed by atoms with van der Waals surface area (Å²) < 4.78 is 12.3. The number of rotatable bonds is 8. The molecule has 1 fully saturated rings. The molecule has 2 aromatic carbocycles. The molecule has 180 valence electrons. The van der Waals surface area contributed by atoms with Gasteiger partial charge in [-0.25, -0.2) is 0 Å². The summed E-state index contributed by atoms with van der Waals surface area (Å²) in [6.07, 6.45) is 1.94. The van der Waals surface area contributed by atoms with Gasteiger partial charge in [0.15, 0.2) is 0 Å². The minimum absolute atomic E-state index is 0.210. The SMILES string of the molecule is CC[C@@H](C)OC(=O)CN1C(=O)S/C(=C/c2cc(Br)c(OCc3ccc(Cl)cc3Cl)c(Br)c2)C1=O. The van der Waals surface area contributed by atoms with Crippen LogP contribution in [0, 0.1) is 0 Å². The lowest BCUT2D eigenvalue weighted by molar-refractivity contribution is -0.150. The predicted molar refractivity (Wildman–Crippen MR) is 141 cm³/mol. The van der Waals surface area contributed by atoms with Crippen LogP contribution in [0.4, 0.5) is 4.79 Å². The van der Waals surface area contributed by atoms with Crippen LogP contribution in [0.15, 0.2) is 44.2 Å². The molecule has 0 aromatic heterocycles. The lowest BCUT2D eigenvalue weighted by atomic mass is 10.2. The second-order valence-corrected chi connectivity index (χ2v) is 10.9. The van der Waals surface area contributed by atoms with Gasteiger partial charge in [0.2, 0.25) is 0 Å². The van der Waals surface area contributed by atoms with Crippen molar-refractivity contribution in [3.63, 3.8) is 0 Å². The van der Waals surface area contributed by atoms with Crippen molar-refractivity contribution in [3.05, 3.63) is 65.4 Å². The Hall–Kier alpha value is -1.52. The number of carbonyl (C=O) groups is 3. The molecule has 0 unspecified atom stereocenters. The van der Waals surface area contributed by atoms with Crippen molar-refractivity contribution in [1.82, 2.24) is 4.90 Å². The molecular formula is C23H19Br2Cl2NO5S. The van der Waals surface area contributed by atoms with Crippen LogP contribution in [-0.4, -0.2) is 34.7 Å². The van der Waals surface area contributed by atoms with Gasteiger partial charge >= 0.3 is 5.97 Å². The molecule has 0 aliphatic carbocycles. The maximum absolute atomic E-state index is 12.7. The Kier molecular flexibility index (Phi) is 9.51. The van der Waals surface area contributed by atoms with Crippen molar-refractivity contribution in [2.75, 3.05) is 6.54 Å². The summed E-state index contributed by atoms with van der Waals surface area (Å²) in [5.41, 5.74) is 1.43. The summed E-state index contributed by atoms with van der Waals surface area (Å²) in [6, 6.07) is 8.68. The van der Waals surface area contributed by atoms with Crippen LogP contribution in [0.3, 0.4) is 0 Å². The zero-order valence-corrected chi connectivity index (χ0v) is 23.6. The first-order chi connectivity index (χ1) is 16.1. The molecule has 0 radical (unpaired) electrons. The van der Waals surface area contributed by atoms with Crippen LogP contribution in [0.2, 0.25) is 10.0 Å². The number of ether oxygens (including phenoxy) is 2. The fraction of sp³-hybridized carbons (Fsp3) is 0.261. The van der Waals surface area contributed by atoms with E-state index in [9.17, 15) is 14.4 Å². The molecule has 1 saturated heterocycles. The van der Waals surface area contributed by atoms with Gasteiger partial charge in [0, 0.05) is 15.6 Å². The zero-order chi connectivity index (χ0) is 25.0. The number of esters is 1. The topological polar surface area (TPSA) is 72.9 Å². The van der Waals surface area contributed by atoms with E-state index in [0.29, 0.717) is 36.7 Å². The maximum atomic E-state index is 12.7. The minimum Gasteiger partial charge on any atom is -0.486 e. The third-order valence-electron chi connectivity index (χ3n) is 4.77. The highest BCUT2D eigenvalue weighted by Crippen LogP contribution is 2.38. The Labute approximate surface area is 228 Å². The highest BCUT2D eigenvalue weighted by molar-refractivity contribution is 9.11. The largest absolute Gasteiger partial charge is 0.486 e. The van der Waals surface area contributed by atoms with Gasteiger partial charge in [0.25, 0.3) is 11.1 Å². The Bertz CT molecular complexity index is 1150. The van der Waals surface area contributed by atoms with Crippen molar-refractivity contribution >= 4 is 90.0 Å². The van der Waals surface area contributed by atoms with E-state index in [0.717, 1.165) is 22.2 Å². The van der Waals surface area contributed by atoms with E-state index in [-0.39, 0.29) is 17.6 Å². The van der Waals surface area contributed by atoms with Gasteiger partial charge in [0.05, 0.1) is 20.0 Å². The molecular weight excluding hydrogens is 633 g/mol. The fourth-order valence-corrected chi connectivity index (χ4v) is 5.60. The number of hydrogen-bond acceptors (Lipinski definition) is 6. The summed E-state index contributed by atoms with van der Waals surface area (Å²) in [5, 5.41) is 0.521. The molecule has 1 atom stereocenters. The molecule has 6 nitrogen and oxygen atoms in total. The van der Waals surface area contributed by atoms with E-state index in [1.807, 2.05) is 6.92 Å². The molecule has 2 aromatic rings. The number of halogens is 4. The standard InChI is InChI=1S/C23H19Br2Cl2NO5S/c1-3-12(2)33-20(29)10-28-22(30)19(34-23(28)31)8-13-6-16(24)21(17(25)7-13)32-11-14-4-5-15(26)9-18(14)27/h4-9,12H,3,10-11H2,1-2H3/b19-8+/t12-/m1/s1. The Morgan fingerprint density at radius 1 is 1.18 bits per heavy atom. The molecule has 11 heteroatoms. The molecule has 1 aliphatic rings. The number of amides is 2. The maximum Gasteiger partial charge on any atom is 0.326 e. The van der Waals surface area contributed by atoms with Crippen LogP contribution in [0.25, 0.3) is 6.08 Å². The Morgan fingerprint density at radius 3 is 2.47 bits per heavy atom. The summed E-state index contributed by atoms with van der Waals surface area (Å²) in [6.45, 7) is 3.43. The van der Waals surface area contributed by atoms with Crippen molar-refractivity contribution in [2.45, 2.75) is 33.0 Å². The molecule has 0 spiro atoms. The molecule has 1 heterocycles. The van der Waals surface area contributed by atoms with Crippen molar-refractivity contribution in [2.24, 2.45) is 0 Å². The second kappa shape index (κ2) is 11.9. The van der Waals surface area contributed by atoms with E-state index in [4.69, 9.17) is 32.7 Å². The molecule has 0 N–H and O–H groups in total. The Morgan fingerprint density at radius 2 is 1.85 bits per heavy atom. The average molecular weight is 652 g/mol. The minimum atomic E-state index is -0.620. The van der Waals surface area contributed by atoms with Gasteiger partial charge < -0.3 is 9.47 Å². The molecule has 0 saturated carbocycles. The van der Waals surface area contributed by atoms with E-state index in [1.165, 1.54) is 0 Å². The molecule has 34 heavy (non-hydrogen) atoms. The third kappa shape index (κ3) is 6.79. The fourth-order valence-electron chi connectivity index (χ4n) is 2.85. The molecule has 2 amide bonds. The number of carbonyl (C=O) groups excluding carboxylic acids is 3. The van der Waals surface area contributed by atoms with Crippen LogP contribution >= 0.6 is 66.8 Å². The lowest BCUT2D eigenvalue weighted by Crippen LogP contribution is -2.35. The monoisotopic (exact) mass is 649 g/mol. The van der Waals surface area contributed by atoms with Gasteiger partial charge in [-0.15, -0.1) is 0 Å². The van der Waals surface area contributed by atoms with Crippen LogP contribution in [-0.2, 0) is 20.9 Å². The number of thioether (sulfide) groups is 1. The van der Waals surface area contributed by atoms with Crippen LogP contribution in [0.1, 0.15) is 31.4 Å². The number of imide groups is 1.